The molecule has 0 radical (unpaired) electrons. The van der Waals surface area contributed by atoms with E-state index in [0.717, 1.165) is 11.9 Å². The lowest BCUT2D eigenvalue weighted by atomic mass is 10.3. The molecule has 0 aliphatic rings. The summed E-state index contributed by atoms with van der Waals surface area (Å²) in [7, 11) is -3.34. The highest BCUT2D eigenvalue weighted by molar-refractivity contribution is 7.85. The lowest BCUT2D eigenvalue weighted by molar-refractivity contribution is 0.324. The number of aromatic nitrogens is 2. The van der Waals surface area contributed by atoms with Crippen LogP contribution in [-0.4, -0.2) is 31.2 Å². The van der Waals surface area contributed by atoms with Gasteiger partial charge in [0, 0.05) is 18.3 Å². The molecule has 0 aliphatic carbocycles. The van der Waals surface area contributed by atoms with Crippen LogP contribution in [0.2, 0.25) is 0 Å². The summed E-state index contributed by atoms with van der Waals surface area (Å²) in [5.41, 5.74) is 0.763. The van der Waals surface area contributed by atoms with Crippen LogP contribution in [0.3, 0.4) is 0 Å². The van der Waals surface area contributed by atoms with Gasteiger partial charge in [-0.15, -0.1) is 0 Å². The van der Waals surface area contributed by atoms with Crippen LogP contribution in [-0.2, 0) is 20.7 Å². The number of rotatable bonds is 4. The molecule has 0 saturated heterocycles. The molecule has 0 saturated carbocycles. The molecule has 0 amide bonds. The molecule has 1 heterocycles. The van der Waals surface area contributed by atoms with Gasteiger partial charge in [-0.3, -0.25) is 4.18 Å². The zero-order chi connectivity index (χ0) is 9.73. The Morgan fingerprint density at radius 3 is 2.85 bits per heavy atom. The molecule has 0 atom stereocenters. The van der Waals surface area contributed by atoms with Gasteiger partial charge in [0.2, 0.25) is 0 Å². The van der Waals surface area contributed by atoms with Crippen molar-refractivity contribution in [2.24, 2.45) is 0 Å². The average Bonchev–Trinajstić information content (AvgIpc) is 2.04. The smallest absolute Gasteiger partial charge is 0.264 e. The van der Waals surface area contributed by atoms with Crippen molar-refractivity contribution in [3.05, 3.63) is 24.3 Å². The standard InChI is InChI=1S/C7H10N2O3S/c1-13(10,11)12-5-3-7-2-4-8-6-9-7/h2,4,6H,3,5H2,1H3. The minimum absolute atomic E-state index is 0.121. The van der Waals surface area contributed by atoms with Crippen molar-refractivity contribution in [1.82, 2.24) is 9.97 Å². The van der Waals surface area contributed by atoms with Crippen molar-refractivity contribution in [2.45, 2.75) is 6.42 Å². The molecule has 72 valence electrons. The van der Waals surface area contributed by atoms with E-state index >= 15 is 0 Å². The number of nitrogens with zero attached hydrogens (tertiary/aromatic N) is 2. The van der Waals surface area contributed by atoms with Gasteiger partial charge in [-0.2, -0.15) is 8.42 Å². The maximum absolute atomic E-state index is 10.6. The first-order valence-corrected chi connectivity index (χ1v) is 5.49. The lowest BCUT2D eigenvalue weighted by Crippen LogP contribution is -2.06. The van der Waals surface area contributed by atoms with Crippen molar-refractivity contribution in [1.29, 1.82) is 0 Å². The Morgan fingerprint density at radius 2 is 2.31 bits per heavy atom. The molecule has 1 rings (SSSR count). The van der Waals surface area contributed by atoms with Gasteiger partial charge in [-0.25, -0.2) is 9.97 Å². The molecule has 1 aromatic heterocycles. The van der Waals surface area contributed by atoms with E-state index in [1.807, 2.05) is 0 Å². The van der Waals surface area contributed by atoms with Crippen molar-refractivity contribution >= 4 is 10.1 Å². The Balaban J connectivity index is 2.37. The second-order valence-corrected chi connectivity index (χ2v) is 4.12. The molecule has 0 N–H and O–H groups in total. The van der Waals surface area contributed by atoms with E-state index in [2.05, 4.69) is 14.2 Å². The predicted molar refractivity (Wildman–Crippen MR) is 46.5 cm³/mol. The van der Waals surface area contributed by atoms with Crippen LogP contribution in [0.15, 0.2) is 18.6 Å². The Bertz CT molecular complexity index is 349. The third kappa shape index (κ3) is 4.54. The lowest BCUT2D eigenvalue weighted by Gasteiger charge is -1.99. The van der Waals surface area contributed by atoms with E-state index in [0.29, 0.717) is 6.42 Å². The van der Waals surface area contributed by atoms with Crippen LogP contribution in [0, 0.1) is 0 Å². The summed E-state index contributed by atoms with van der Waals surface area (Å²) in [6.07, 6.45) is 4.50. The third-order valence-corrected chi connectivity index (χ3v) is 1.89. The van der Waals surface area contributed by atoms with E-state index in [9.17, 15) is 8.42 Å². The van der Waals surface area contributed by atoms with Crippen LogP contribution < -0.4 is 0 Å². The molecule has 0 fully saturated rings. The Kier molecular flexibility index (Phi) is 3.32. The minimum Gasteiger partial charge on any atom is -0.270 e. The molecular weight excluding hydrogens is 192 g/mol. The predicted octanol–water partition coefficient (Wildman–Crippen LogP) is -0.00470. The summed E-state index contributed by atoms with van der Waals surface area (Å²) < 4.78 is 25.7. The van der Waals surface area contributed by atoms with Crippen LogP contribution in [0.25, 0.3) is 0 Å². The SMILES string of the molecule is CS(=O)(=O)OCCc1ccncn1. The van der Waals surface area contributed by atoms with Crippen molar-refractivity contribution < 1.29 is 12.6 Å². The highest BCUT2D eigenvalue weighted by Gasteiger charge is 2.01. The Morgan fingerprint density at radius 1 is 1.54 bits per heavy atom. The second kappa shape index (κ2) is 4.29. The maximum atomic E-state index is 10.6. The fourth-order valence-electron chi connectivity index (χ4n) is 0.764. The molecule has 0 aliphatic heterocycles. The third-order valence-electron chi connectivity index (χ3n) is 1.30. The first kappa shape index (κ1) is 10.1. The first-order valence-electron chi connectivity index (χ1n) is 3.67. The molecule has 0 bridgehead atoms. The van der Waals surface area contributed by atoms with Crippen molar-refractivity contribution in [3.8, 4) is 0 Å². The number of hydrogen-bond donors (Lipinski definition) is 0. The summed E-state index contributed by atoms with van der Waals surface area (Å²) in [5, 5.41) is 0. The Hall–Kier alpha value is -1.01. The summed E-state index contributed by atoms with van der Waals surface area (Å²) >= 11 is 0. The normalized spacial score (nSPS) is 11.5. The van der Waals surface area contributed by atoms with Gasteiger partial charge in [0.25, 0.3) is 10.1 Å². The molecule has 1 aromatic rings. The largest absolute Gasteiger partial charge is 0.270 e. The van der Waals surface area contributed by atoms with Crippen LogP contribution >= 0.6 is 0 Å². The zero-order valence-electron chi connectivity index (χ0n) is 7.17. The molecule has 13 heavy (non-hydrogen) atoms. The van der Waals surface area contributed by atoms with Gasteiger partial charge in [0.15, 0.2) is 0 Å². The van der Waals surface area contributed by atoms with Gasteiger partial charge in [-0.05, 0) is 6.07 Å². The van der Waals surface area contributed by atoms with Crippen LogP contribution in [0.1, 0.15) is 5.69 Å². The Labute approximate surface area is 76.9 Å². The fraction of sp³-hybridized carbons (Fsp3) is 0.429. The van der Waals surface area contributed by atoms with Crippen molar-refractivity contribution in [2.75, 3.05) is 12.9 Å². The molecule has 0 unspecified atom stereocenters. The van der Waals surface area contributed by atoms with E-state index in [1.54, 1.807) is 12.3 Å². The minimum atomic E-state index is -3.34. The van der Waals surface area contributed by atoms with Gasteiger partial charge in [0.1, 0.15) is 6.33 Å². The van der Waals surface area contributed by atoms with Crippen molar-refractivity contribution in [3.63, 3.8) is 0 Å². The van der Waals surface area contributed by atoms with E-state index < -0.39 is 10.1 Å². The average molecular weight is 202 g/mol. The second-order valence-electron chi connectivity index (χ2n) is 2.48. The van der Waals surface area contributed by atoms with E-state index in [1.165, 1.54) is 6.33 Å². The van der Waals surface area contributed by atoms with E-state index in [4.69, 9.17) is 0 Å². The highest BCUT2D eigenvalue weighted by atomic mass is 32.2. The quantitative estimate of drug-likeness (QED) is 0.642. The summed E-state index contributed by atoms with van der Waals surface area (Å²) in [4.78, 5) is 7.64. The van der Waals surface area contributed by atoms with Gasteiger partial charge in [-0.1, -0.05) is 0 Å². The monoisotopic (exact) mass is 202 g/mol. The van der Waals surface area contributed by atoms with E-state index in [-0.39, 0.29) is 6.61 Å². The van der Waals surface area contributed by atoms with Gasteiger partial charge < -0.3 is 0 Å². The van der Waals surface area contributed by atoms with Gasteiger partial charge >= 0.3 is 0 Å². The maximum Gasteiger partial charge on any atom is 0.264 e. The van der Waals surface area contributed by atoms with Crippen LogP contribution in [0.4, 0.5) is 0 Å². The molecule has 0 aromatic carbocycles. The highest BCUT2D eigenvalue weighted by Crippen LogP contribution is 1.95. The molecular formula is C7H10N2O3S. The van der Waals surface area contributed by atoms with Gasteiger partial charge in [0.05, 0.1) is 12.9 Å². The number of hydrogen-bond acceptors (Lipinski definition) is 5. The molecule has 5 nitrogen and oxygen atoms in total. The first-order chi connectivity index (χ1) is 6.08. The molecule has 0 spiro atoms. The summed E-state index contributed by atoms with van der Waals surface area (Å²) in [6.45, 7) is 0.121. The topological polar surface area (TPSA) is 69.2 Å². The molecule has 6 heteroatoms. The summed E-state index contributed by atoms with van der Waals surface area (Å²) in [5.74, 6) is 0. The summed E-state index contributed by atoms with van der Waals surface area (Å²) in [6, 6.07) is 1.71. The fourth-order valence-corrected chi connectivity index (χ4v) is 1.15. The zero-order valence-corrected chi connectivity index (χ0v) is 7.99. The van der Waals surface area contributed by atoms with Crippen LogP contribution in [0.5, 0.6) is 0 Å².